The van der Waals surface area contributed by atoms with Crippen molar-refractivity contribution in [1.82, 2.24) is 4.90 Å². The van der Waals surface area contributed by atoms with Crippen molar-refractivity contribution in [3.05, 3.63) is 40.7 Å². The number of aliphatic carboxylic acids is 1. The molecular weight excluding hydrogens is 474 g/mol. The van der Waals surface area contributed by atoms with Gasteiger partial charge in [0.15, 0.2) is 18.3 Å². The molecule has 0 amide bonds. The molecule has 4 aliphatic rings. The van der Waals surface area contributed by atoms with E-state index in [4.69, 9.17) is 19.3 Å². The van der Waals surface area contributed by atoms with Crippen molar-refractivity contribution in [3.63, 3.8) is 0 Å². The lowest BCUT2D eigenvalue weighted by Gasteiger charge is -2.61. The Kier molecular flexibility index (Phi) is 5.86. The summed E-state index contributed by atoms with van der Waals surface area (Å²) in [5.74, 6) is -2.89. The molecule has 11 heteroatoms. The van der Waals surface area contributed by atoms with Gasteiger partial charge in [-0.1, -0.05) is 12.1 Å². The molecule has 0 saturated carbocycles. The number of hydrogen-bond acceptors (Lipinski definition) is 10. The third kappa shape index (κ3) is 3.37. The molecule has 1 aromatic rings. The highest BCUT2D eigenvalue weighted by molar-refractivity contribution is 5.84. The van der Waals surface area contributed by atoms with Crippen LogP contribution in [0.25, 0.3) is 0 Å². The number of benzene rings is 1. The van der Waals surface area contributed by atoms with Gasteiger partial charge in [0, 0.05) is 23.6 Å². The molecule has 36 heavy (non-hydrogen) atoms. The molecule has 1 spiro atoms. The molecule has 1 aromatic carbocycles. The van der Waals surface area contributed by atoms with Crippen LogP contribution in [-0.4, -0.2) is 86.8 Å². The predicted octanol–water partition coefficient (Wildman–Crippen LogP) is -0.233. The number of piperidine rings is 1. The first-order valence-electron chi connectivity index (χ1n) is 11.9. The fourth-order valence-corrected chi connectivity index (χ4v) is 6.38. The van der Waals surface area contributed by atoms with Crippen LogP contribution in [0.15, 0.2) is 24.0 Å². The number of nitrogens with zero attached hydrogens (tertiary/aromatic N) is 1. The molecular formula is C25H29NO10. The zero-order chi connectivity index (χ0) is 26.0. The van der Waals surface area contributed by atoms with Gasteiger partial charge in [0.1, 0.15) is 11.5 Å². The van der Waals surface area contributed by atoms with Gasteiger partial charge in [-0.05, 0) is 45.0 Å². The SMILES string of the molecule is C[C@H](OC(=O)[C@@H](O)CC(=O)O)C(=O)OC1=CC[C@@]2(O)[C@H]3Cc4ccc(CO)c5c4C2(CCN3C)C1O5. The van der Waals surface area contributed by atoms with Crippen LogP contribution in [0.1, 0.15) is 42.9 Å². The van der Waals surface area contributed by atoms with E-state index in [0.29, 0.717) is 30.7 Å². The van der Waals surface area contributed by atoms with E-state index in [9.17, 15) is 29.7 Å². The van der Waals surface area contributed by atoms with E-state index in [1.165, 1.54) is 6.92 Å². The van der Waals surface area contributed by atoms with Gasteiger partial charge in [-0.15, -0.1) is 0 Å². The van der Waals surface area contributed by atoms with Crippen molar-refractivity contribution in [2.45, 2.75) is 74.6 Å². The Bertz CT molecular complexity index is 1160. The third-order valence-electron chi connectivity index (χ3n) is 8.11. The largest absolute Gasteiger partial charge is 0.481 e. The Morgan fingerprint density at radius 2 is 2.03 bits per heavy atom. The molecule has 11 nitrogen and oxygen atoms in total. The molecule has 5 rings (SSSR count). The number of carboxylic acids is 1. The maximum absolute atomic E-state index is 12.8. The minimum Gasteiger partial charge on any atom is -0.481 e. The van der Waals surface area contributed by atoms with Gasteiger partial charge in [0.2, 0.25) is 0 Å². The summed E-state index contributed by atoms with van der Waals surface area (Å²) in [7, 11) is 1.97. The minimum atomic E-state index is -1.91. The monoisotopic (exact) mass is 503 g/mol. The number of carbonyl (C=O) groups is 3. The van der Waals surface area contributed by atoms with Crippen molar-refractivity contribution >= 4 is 17.9 Å². The molecule has 2 aliphatic carbocycles. The second kappa shape index (κ2) is 8.55. The van der Waals surface area contributed by atoms with Gasteiger partial charge in [0.05, 0.1) is 24.0 Å². The van der Waals surface area contributed by atoms with Crippen LogP contribution in [0.4, 0.5) is 0 Å². The van der Waals surface area contributed by atoms with Crippen molar-refractivity contribution in [2.75, 3.05) is 13.6 Å². The number of rotatable bonds is 7. The lowest BCUT2D eigenvalue weighted by Crippen LogP contribution is -2.74. The Labute approximate surface area is 206 Å². The smallest absolute Gasteiger partial charge is 0.352 e. The Morgan fingerprint density at radius 3 is 2.72 bits per heavy atom. The standard InChI is InChI=1S/C25H29NO10/c1-12(34-23(32)15(28)10-18(29)30)22(31)35-16-5-6-25(33)17-9-13-3-4-14(11-27)20-19(13)24(25,21(16)36-20)7-8-26(17)2/h3-5,12,15,17,21,27-28,33H,6-11H2,1-2H3,(H,29,30)/t12-,15-,17+,21?,24?,25+/m0/s1. The summed E-state index contributed by atoms with van der Waals surface area (Å²) in [6, 6.07) is 3.58. The van der Waals surface area contributed by atoms with Crippen molar-refractivity contribution < 1.29 is 49.0 Å². The number of carboxylic acid groups (broad SMARTS) is 1. The average Bonchev–Trinajstić information content (AvgIpc) is 3.18. The minimum absolute atomic E-state index is 0.176. The fourth-order valence-electron chi connectivity index (χ4n) is 6.38. The fraction of sp³-hybridized carbons (Fsp3) is 0.560. The molecule has 1 saturated heterocycles. The summed E-state index contributed by atoms with van der Waals surface area (Å²) < 4.78 is 16.9. The van der Waals surface area contributed by atoms with Crippen LogP contribution in [-0.2, 0) is 42.3 Å². The summed E-state index contributed by atoms with van der Waals surface area (Å²) in [5, 5.41) is 40.5. The maximum Gasteiger partial charge on any atom is 0.352 e. The quantitative estimate of drug-likeness (QED) is 0.363. The number of carbonyl (C=O) groups excluding carboxylic acids is 2. The number of likely N-dealkylation sites (tertiary alicyclic amines) is 1. The van der Waals surface area contributed by atoms with E-state index >= 15 is 0 Å². The topological polar surface area (TPSA) is 163 Å². The van der Waals surface area contributed by atoms with Gasteiger partial charge in [-0.3, -0.25) is 4.79 Å². The molecule has 0 radical (unpaired) electrons. The molecule has 194 valence electrons. The molecule has 2 bridgehead atoms. The molecule has 0 aromatic heterocycles. The van der Waals surface area contributed by atoms with Gasteiger partial charge in [0.25, 0.3) is 0 Å². The molecule has 2 aliphatic heterocycles. The lowest BCUT2D eigenvalue weighted by atomic mass is 9.50. The predicted molar refractivity (Wildman–Crippen MR) is 121 cm³/mol. The number of hydrogen-bond donors (Lipinski definition) is 4. The lowest BCUT2D eigenvalue weighted by molar-refractivity contribution is -0.178. The van der Waals surface area contributed by atoms with Gasteiger partial charge in [-0.2, -0.15) is 0 Å². The Hall–Kier alpha value is -2.99. The summed E-state index contributed by atoms with van der Waals surface area (Å²) in [4.78, 5) is 37.6. The summed E-state index contributed by atoms with van der Waals surface area (Å²) in [6.45, 7) is 1.69. The summed E-state index contributed by atoms with van der Waals surface area (Å²) in [5.41, 5.74) is 0.376. The average molecular weight is 504 g/mol. The van der Waals surface area contributed by atoms with Gasteiger partial charge >= 0.3 is 17.9 Å². The number of esters is 2. The maximum atomic E-state index is 12.8. The van der Waals surface area contributed by atoms with Gasteiger partial charge in [-0.25, -0.2) is 9.59 Å². The molecule has 4 N–H and O–H groups in total. The highest BCUT2D eigenvalue weighted by Crippen LogP contribution is 2.64. The molecule has 6 atom stereocenters. The zero-order valence-corrected chi connectivity index (χ0v) is 20.0. The first kappa shape index (κ1) is 24.7. The van der Waals surface area contributed by atoms with E-state index in [1.54, 1.807) is 6.08 Å². The molecule has 1 fully saturated rings. The highest BCUT2D eigenvalue weighted by atomic mass is 16.6. The number of aliphatic hydroxyl groups is 3. The second-order valence-electron chi connectivity index (χ2n) is 10.0. The van der Waals surface area contributed by atoms with E-state index in [0.717, 1.165) is 11.1 Å². The number of ether oxygens (including phenoxy) is 3. The second-order valence-corrected chi connectivity index (χ2v) is 10.0. The number of aliphatic hydroxyl groups excluding tert-OH is 2. The van der Waals surface area contributed by atoms with Gasteiger partial charge < -0.3 is 39.5 Å². The van der Waals surface area contributed by atoms with Crippen LogP contribution in [0, 0.1) is 0 Å². The zero-order valence-electron chi connectivity index (χ0n) is 20.0. The summed E-state index contributed by atoms with van der Waals surface area (Å²) in [6.07, 6.45) is -2.05. The van der Waals surface area contributed by atoms with Crippen molar-refractivity contribution in [3.8, 4) is 5.75 Å². The first-order valence-corrected chi connectivity index (χ1v) is 11.9. The van der Waals surface area contributed by atoms with E-state index in [2.05, 4.69) is 4.90 Å². The van der Waals surface area contributed by atoms with Crippen LogP contribution in [0.3, 0.4) is 0 Å². The van der Waals surface area contributed by atoms with Crippen LogP contribution < -0.4 is 4.74 Å². The van der Waals surface area contributed by atoms with E-state index in [1.807, 2.05) is 19.2 Å². The first-order chi connectivity index (χ1) is 17.0. The van der Waals surface area contributed by atoms with Crippen molar-refractivity contribution in [2.24, 2.45) is 0 Å². The highest BCUT2D eigenvalue weighted by Gasteiger charge is 2.71. The molecule has 2 unspecified atom stereocenters. The van der Waals surface area contributed by atoms with E-state index in [-0.39, 0.29) is 24.8 Å². The van der Waals surface area contributed by atoms with Crippen LogP contribution in [0.5, 0.6) is 5.75 Å². The number of likely N-dealkylation sites (N-methyl/N-ethyl adjacent to an activating group) is 1. The molecule has 2 heterocycles. The van der Waals surface area contributed by atoms with E-state index < -0.39 is 53.7 Å². The summed E-state index contributed by atoms with van der Waals surface area (Å²) >= 11 is 0. The Morgan fingerprint density at radius 1 is 1.28 bits per heavy atom. The van der Waals surface area contributed by atoms with Crippen LogP contribution >= 0.6 is 0 Å². The van der Waals surface area contributed by atoms with Crippen molar-refractivity contribution in [1.29, 1.82) is 0 Å². The van der Waals surface area contributed by atoms with Crippen LogP contribution in [0.2, 0.25) is 0 Å². The third-order valence-corrected chi connectivity index (χ3v) is 8.11. The normalized spacial score (nSPS) is 31.4. The Balaban J connectivity index is 1.45.